The molecule has 1 unspecified atom stereocenters. The van der Waals surface area contributed by atoms with Crippen molar-refractivity contribution in [3.8, 4) is 0 Å². The lowest BCUT2D eigenvalue weighted by Gasteiger charge is -2.21. The van der Waals surface area contributed by atoms with Gasteiger partial charge in [0.25, 0.3) is 5.91 Å². The average molecular weight is 315 g/mol. The second-order valence-corrected chi connectivity index (χ2v) is 7.39. The SMILES string of the molecule is CS(=O)(=O)c1cncc(C(=O)N2CSCC2C(N)=O)c1. The molecule has 1 saturated heterocycles. The van der Waals surface area contributed by atoms with Crippen LogP contribution in [-0.4, -0.2) is 54.0 Å². The standard InChI is InChI=1S/C11H13N3O4S2/c1-20(17,18)8-2-7(3-13-4-8)11(16)14-6-19-5-9(14)10(12)15/h2-4,9H,5-6H2,1H3,(H2,12,15). The van der Waals surface area contributed by atoms with E-state index in [1.165, 1.54) is 35.1 Å². The van der Waals surface area contributed by atoms with Crippen molar-refractivity contribution in [3.63, 3.8) is 0 Å². The Balaban J connectivity index is 2.32. The highest BCUT2D eigenvalue weighted by atomic mass is 32.2. The lowest BCUT2D eigenvalue weighted by molar-refractivity contribution is -0.121. The number of nitrogens with two attached hydrogens (primary N) is 1. The lowest BCUT2D eigenvalue weighted by Crippen LogP contribution is -2.45. The van der Waals surface area contributed by atoms with Crippen molar-refractivity contribution < 1.29 is 18.0 Å². The number of amides is 2. The Morgan fingerprint density at radius 3 is 2.75 bits per heavy atom. The molecule has 2 amide bonds. The molecule has 0 saturated carbocycles. The molecule has 1 aliphatic rings. The Labute approximate surface area is 120 Å². The van der Waals surface area contributed by atoms with E-state index in [4.69, 9.17) is 5.73 Å². The van der Waals surface area contributed by atoms with E-state index in [1.807, 2.05) is 0 Å². The second kappa shape index (κ2) is 5.41. The Morgan fingerprint density at radius 1 is 1.45 bits per heavy atom. The fraction of sp³-hybridized carbons (Fsp3) is 0.364. The molecular formula is C11H13N3O4S2. The van der Waals surface area contributed by atoms with Gasteiger partial charge in [-0.3, -0.25) is 14.6 Å². The molecule has 20 heavy (non-hydrogen) atoms. The van der Waals surface area contributed by atoms with E-state index in [-0.39, 0.29) is 10.5 Å². The van der Waals surface area contributed by atoms with E-state index in [1.54, 1.807) is 0 Å². The van der Waals surface area contributed by atoms with E-state index in [2.05, 4.69) is 4.98 Å². The fourth-order valence-corrected chi connectivity index (χ4v) is 3.54. The van der Waals surface area contributed by atoms with Crippen LogP contribution in [0.3, 0.4) is 0 Å². The molecule has 1 aliphatic heterocycles. The van der Waals surface area contributed by atoms with E-state index < -0.39 is 27.7 Å². The number of hydrogen-bond acceptors (Lipinski definition) is 6. The predicted molar refractivity (Wildman–Crippen MR) is 73.8 cm³/mol. The molecule has 1 fully saturated rings. The molecule has 2 rings (SSSR count). The fourth-order valence-electron chi connectivity index (χ4n) is 1.78. The number of carbonyl (C=O) groups is 2. The molecule has 2 heterocycles. The highest BCUT2D eigenvalue weighted by molar-refractivity contribution is 7.99. The average Bonchev–Trinajstić information content (AvgIpc) is 2.86. The van der Waals surface area contributed by atoms with Crippen molar-refractivity contribution in [2.24, 2.45) is 5.73 Å². The van der Waals surface area contributed by atoms with Crippen LogP contribution in [0.4, 0.5) is 0 Å². The summed E-state index contributed by atoms with van der Waals surface area (Å²) in [6.45, 7) is 0. The number of pyridine rings is 1. The van der Waals surface area contributed by atoms with Crippen LogP contribution >= 0.6 is 11.8 Å². The molecule has 0 aliphatic carbocycles. The normalized spacial score (nSPS) is 19.1. The van der Waals surface area contributed by atoms with E-state index in [0.29, 0.717) is 11.6 Å². The molecular weight excluding hydrogens is 302 g/mol. The summed E-state index contributed by atoms with van der Waals surface area (Å²) in [5, 5.41) is 0. The van der Waals surface area contributed by atoms with Gasteiger partial charge in [-0.1, -0.05) is 0 Å². The maximum absolute atomic E-state index is 12.3. The van der Waals surface area contributed by atoms with Gasteiger partial charge in [0.1, 0.15) is 6.04 Å². The van der Waals surface area contributed by atoms with E-state index >= 15 is 0 Å². The molecule has 0 bridgehead atoms. The zero-order valence-corrected chi connectivity index (χ0v) is 12.3. The van der Waals surface area contributed by atoms with Crippen LogP contribution in [0.5, 0.6) is 0 Å². The number of hydrogen-bond donors (Lipinski definition) is 1. The summed E-state index contributed by atoms with van der Waals surface area (Å²) in [7, 11) is -3.44. The third-order valence-corrected chi connectivity index (χ3v) is 4.95. The molecule has 1 aromatic rings. The maximum Gasteiger partial charge on any atom is 0.256 e. The molecule has 1 aromatic heterocycles. The number of rotatable bonds is 3. The van der Waals surface area contributed by atoms with Crippen LogP contribution in [0.1, 0.15) is 10.4 Å². The van der Waals surface area contributed by atoms with Gasteiger partial charge < -0.3 is 10.6 Å². The highest BCUT2D eigenvalue weighted by Gasteiger charge is 2.34. The Morgan fingerprint density at radius 2 is 2.15 bits per heavy atom. The van der Waals surface area contributed by atoms with Gasteiger partial charge in [-0.2, -0.15) is 0 Å². The predicted octanol–water partition coefficient (Wildman–Crippen LogP) is -0.514. The smallest absolute Gasteiger partial charge is 0.256 e. The molecule has 9 heteroatoms. The largest absolute Gasteiger partial charge is 0.368 e. The first kappa shape index (κ1) is 14.8. The zero-order valence-electron chi connectivity index (χ0n) is 10.6. The zero-order chi connectivity index (χ0) is 14.9. The van der Waals surface area contributed by atoms with Crippen LogP contribution in [0.15, 0.2) is 23.4 Å². The van der Waals surface area contributed by atoms with Gasteiger partial charge in [-0.05, 0) is 6.07 Å². The van der Waals surface area contributed by atoms with E-state index in [9.17, 15) is 18.0 Å². The van der Waals surface area contributed by atoms with Crippen LogP contribution in [0, 0.1) is 0 Å². The van der Waals surface area contributed by atoms with Crippen LogP contribution < -0.4 is 5.73 Å². The van der Waals surface area contributed by atoms with E-state index in [0.717, 1.165) is 6.26 Å². The first-order valence-corrected chi connectivity index (χ1v) is 8.68. The van der Waals surface area contributed by atoms with Crippen molar-refractivity contribution in [1.82, 2.24) is 9.88 Å². The molecule has 2 N–H and O–H groups in total. The summed E-state index contributed by atoms with van der Waals surface area (Å²) in [6.07, 6.45) is 3.49. The second-order valence-electron chi connectivity index (χ2n) is 4.37. The van der Waals surface area contributed by atoms with Gasteiger partial charge in [-0.25, -0.2) is 8.42 Å². The summed E-state index contributed by atoms with van der Waals surface area (Å²) in [6, 6.07) is 0.584. The van der Waals surface area contributed by atoms with Crippen molar-refractivity contribution in [3.05, 3.63) is 24.0 Å². The Hall–Kier alpha value is -1.61. The molecule has 0 aromatic carbocycles. The minimum absolute atomic E-state index is 0.0363. The minimum atomic E-state index is -3.44. The van der Waals surface area contributed by atoms with Crippen LogP contribution in [-0.2, 0) is 14.6 Å². The number of sulfone groups is 1. The van der Waals surface area contributed by atoms with Gasteiger partial charge in [0.05, 0.1) is 16.3 Å². The van der Waals surface area contributed by atoms with Crippen molar-refractivity contribution in [2.75, 3.05) is 17.9 Å². The number of aromatic nitrogens is 1. The van der Waals surface area contributed by atoms with Crippen LogP contribution in [0.25, 0.3) is 0 Å². The van der Waals surface area contributed by atoms with Crippen molar-refractivity contribution in [1.29, 1.82) is 0 Å². The number of primary amides is 1. The van der Waals surface area contributed by atoms with Crippen molar-refractivity contribution >= 4 is 33.4 Å². The monoisotopic (exact) mass is 315 g/mol. The first-order chi connectivity index (χ1) is 9.30. The quantitative estimate of drug-likeness (QED) is 0.804. The molecule has 1 atom stereocenters. The third-order valence-electron chi connectivity index (χ3n) is 2.86. The summed E-state index contributed by atoms with van der Waals surface area (Å²) < 4.78 is 22.9. The molecule has 0 spiro atoms. The summed E-state index contributed by atoms with van der Waals surface area (Å²) in [4.78, 5) is 28.6. The Kier molecular flexibility index (Phi) is 4.00. The Bertz CT molecular complexity index is 659. The summed E-state index contributed by atoms with van der Waals surface area (Å²) in [5.41, 5.74) is 5.37. The van der Waals surface area contributed by atoms with Gasteiger partial charge >= 0.3 is 0 Å². The topological polar surface area (TPSA) is 110 Å². The highest BCUT2D eigenvalue weighted by Crippen LogP contribution is 2.23. The molecule has 0 radical (unpaired) electrons. The number of nitrogens with zero attached hydrogens (tertiary/aromatic N) is 2. The third kappa shape index (κ3) is 2.93. The summed E-state index contributed by atoms with van der Waals surface area (Å²) in [5.74, 6) is -0.233. The first-order valence-electron chi connectivity index (χ1n) is 5.64. The van der Waals surface area contributed by atoms with Gasteiger partial charge in [0, 0.05) is 24.4 Å². The number of thioether (sulfide) groups is 1. The molecule has 7 nitrogen and oxygen atoms in total. The summed E-state index contributed by atoms with van der Waals surface area (Å²) >= 11 is 1.42. The number of carbonyl (C=O) groups excluding carboxylic acids is 2. The van der Waals surface area contributed by atoms with Crippen LogP contribution in [0.2, 0.25) is 0 Å². The minimum Gasteiger partial charge on any atom is -0.368 e. The maximum atomic E-state index is 12.3. The van der Waals surface area contributed by atoms with Gasteiger partial charge in [0.2, 0.25) is 5.91 Å². The van der Waals surface area contributed by atoms with Gasteiger partial charge in [-0.15, -0.1) is 11.8 Å². The molecule has 108 valence electrons. The van der Waals surface area contributed by atoms with Crippen molar-refractivity contribution in [2.45, 2.75) is 10.9 Å². The van der Waals surface area contributed by atoms with Gasteiger partial charge in [0.15, 0.2) is 9.84 Å². The lowest BCUT2D eigenvalue weighted by atomic mass is 10.2.